The molecule has 0 aromatic heterocycles. The summed E-state index contributed by atoms with van der Waals surface area (Å²) >= 11 is 6.03. The summed E-state index contributed by atoms with van der Waals surface area (Å²) in [5.74, 6) is -0.400. The molecule has 0 spiro atoms. The number of anilines is 2. The summed E-state index contributed by atoms with van der Waals surface area (Å²) in [4.78, 5) is 13.0. The fourth-order valence-corrected chi connectivity index (χ4v) is 4.55. The predicted molar refractivity (Wildman–Crippen MR) is 115 cm³/mol. The van der Waals surface area contributed by atoms with Gasteiger partial charge in [0.15, 0.2) is 0 Å². The van der Waals surface area contributed by atoms with E-state index in [-0.39, 0.29) is 0 Å². The number of nitrogens with zero attached hydrogens (tertiary/aromatic N) is 1. The molecular weight excluding hydrogens is 396 g/mol. The number of sulfonamides is 1. The van der Waals surface area contributed by atoms with Crippen molar-refractivity contribution in [1.82, 2.24) is 0 Å². The van der Waals surface area contributed by atoms with Gasteiger partial charge in [0.25, 0.3) is 0 Å². The van der Waals surface area contributed by atoms with Gasteiger partial charge in [-0.05, 0) is 47.5 Å². The number of carbonyl (C=O) groups is 1. The molecule has 0 saturated heterocycles. The summed E-state index contributed by atoms with van der Waals surface area (Å²) < 4.78 is 26.1. The summed E-state index contributed by atoms with van der Waals surface area (Å²) in [6, 6.07) is 19.0. The zero-order valence-corrected chi connectivity index (χ0v) is 17.2. The van der Waals surface area contributed by atoms with Gasteiger partial charge in [-0.1, -0.05) is 54.9 Å². The molecule has 1 unspecified atom stereocenters. The van der Waals surface area contributed by atoms with E-state index in [0.717, 1.165) is 21.3 Å². The lowest BCUT2D eigenvalue weighted by Gasteiger charge is -2.30. The van der Waals surface area contributed by atoms with E-state index in [1.165, 1.54) is 6.07 Å². The molecule has 0 heterocycles. The Morgan fingerprint density at radius 1 is 1.04 bits per heavy atom. The van der Waals surface area contributed by atoms with Gasteiger partial charge in [0.2, 0.25) is 15.9 Å². The van der Waals surface area contributed by atoms with Crippen LogP contribution in [0.3, 0.4) is 0 Å². The normalized spacial score (nSPS) is 12.5. The molecule has 3 aromatic rings. The third-order valence-electron chi connectivity index (χ3n) is 4.41. The topological polar surface area (TPSA) is 66.5 Å². The van der Waals surface area contributed by atoms with Crippen LogP contribution < -0.4 is 9.62 Å². The minimum absolute atomic E-state index is 0.305. The van der Waals surface area contributed by atoms with Crippen molar-refractivity contribution in [2.75, 3.05) is 15.9 Å². The number of halogens is 1. The number of carbonyl (C=O) groups excluding carboxylic acids is 1. The van der Waals surface area contributed by atoms with Crippen molar-refractivity contribution in [3.05, 3.63) is 71.8 Å². The van der Waals surface area contributed by atoms with Crippen molar-refractivity contribution in [1.29, 1.82) is 0 Å². The monoisotopic (exact) mass is 416 g/mol. The second kappa shape index (κ2) is 8.20. The summed E-state index contributed by atoms with van der Waals surface area (Å²) in [6.45, 7) is 1.77. The van der Waals surface area contributed by atoms with E-state index in [2.05, 4.69) is 5.32 Å². The maximum atomic E-state index is 13.0. The van der Waals surface area contributed by atoms with Gasteiger partial charge >= 0.3 is 0 Å². The standard InChI is InChI=1S/C21H21ClN2O3S/c1-3-20(24(28(2,26)27)19-10-6-9-17(22)14-19)21(25)23-18-12-11-15-7-4-5-8-16(15)13-18/h4-14,20H,3H2,1-2H3,(H,23,25). The van der Waals surface area contributed by atoms with Crippen LogP contribution in [-0.4, -0.2) is 26.6 Å². The number of nitrogens with one attached hydrogen (secondary N) is 1. The summed E-state index contributed by atoms with van der Waals surface area (Å²) in [7, 11) is -3.70. The first-order valence-electron chi connectivity index (χ1n) is 8.84. The van der Waals surface area contributed by atoms with E-state index in [1.54, 1.807) is 31.2 Å². The van der Waals surface area contributed by atoms with Gasteiger partial charge in [-0.15, -0.1) is 0 Å². The third kappa shape index (κ3) is 4.46. The largest absolute Gasteiger partial charge is 0.324 e. The van der Waals surface area contributed by atoms with Crippen molar-refractivity contribution >= 4 is 49.7 Å². The first-order valence-corrected chi connectivity index (χ1v) is 11.1. The summed E-state index contributed by atoms with van der Waals surface area (Å²) in [6.07, 6.45) is 1.39. The highest BCUT2D eigenvalue weighted by Gasteiger charge is 2.31. The highest BCUT2D eigenvalue weighted by Crippen LogP contribution is 2.26. The highest BCUT2D eigenvalue weighted by molar-refractivity contribution is 7.92. The van der Waals surface area contributed by atoms with Gasteiger partial charge in [0, 0.05) is 10.7 Å². The van der Waals surface area contributed by atoms with Gasteiger partial charge in [0.1, 0.15) is 6.04 Å². The van der Waals surface area contributed by atoms with Crippen LogP contribution in [0.1, 0.15) is 13.3 Å². The van der Waals surface area contributed by atoms with Crippen LogP contribution in [0.4, 0.5) is 11.4 Å². The molecule has 0 saturated carbocycles. The quantitative estimate of drug-likeness (QED) is 0.634. The Hall–Kier alpha value is -2.57. The van der Waals surface area contributed by atoms with E-state index < -0.39 is 22.0 Å². The van der Waals surface area contributed by atoms with Gasteiger partial charge < -0.3 is 5.32 Å². The first kappa shape index (κ1) is 20.2. The van der Waals surface area contributed by atoms with E-state index in [4.69, 9.17) is 11.6 Å². The molecule has 0 aliphatic carbocycles. The average Bonchev–Trinajstić information content (AvgIpc) is 2.64. The summed E-state index contributed by atoms with van der Waals surface area (Å²) in [5, 5.41) is 5.29. The van der Waals surface area contributed by atoms with Gasteiger partial charge in [-0.25, -0.2) is 8.42 Å². The molecule has 1 N–H and O–H groups in total. The maximum Gasteiger partial charge on any atom is 0.248 e. The van der Waals surface area contributed by atoms with Crippen molar-refractivity contribution in [2.24, 2.45) is 0 Å². The van der Waals surface area contributed by atoms with Crippen molar-refractivity contribution in [3.63, 3.8) is 0 Å². The number of fused-ring (bicyclic) bond motifs is 1. The van der Waals surface area contributed by atoms with E-state index in [9.17, 15) is 13.2 Å². The molecule has 1 atom stereocenters. The van der Waals surface area contributed by atoms with Crippen molar-refractivity contribution < 1.29 is 13.2 Å². The second-order valence-corrected chi connectivity index (χ2v) is 8.81. The highest BCUT2D eigenvalue weighted by atomic mass is 35.5. The van der Waals surface area contributed by atoms with Crippen LogP contribution in [0, 0.1) is 0 Å². The Morgan fingerprint density at radius 3 is 2.39 bits per heavy atom. The van der Waals surface area contributed by atoms with Crippen LogP contribution in [0.15, 0.2) is 66.7 Å². The molecule has 0 aliphatic rings. The third-order valence-corrected chi connectivity index (χ3v) is 5.82. The van der Waals surface area contributed by atoms with Gasteiger partial charge in [-0.2, -0.15) is 0 Å². The van der Waals surface area contributed by atoms with Crippen LogP contribution >= 0.6 is 11.6 Å². The minimum atomic E-state index is -3.70. The van der Waals surface area contributed by atoms with E-state index in [0.29, 0.717) is 22.8 Å². The Labute approximate surface area is 170 Å². The Kier molecular flexibility index (Phi) is 5.91. The zero-order valence-electron chi connectivity index (χ0n) is 15.6. The van der Waals surface area contributed by atoms with E-state index >= 15 is 0 Å². The Bertz CT molecular complexity index is 1120. The molecule has 0 radical (unpaired) electrons. The summed E-state index contributed by atoms with van der Waals surface area (Å²) in [5.41, 5.74) is 0.970. The minimum Gasteiger partial charge on any atom is -0.324 e. The second-order valence-electron chi connectivity index (χ2n) is 6.51. The fraction of sp³-hybridized carbons (Fsp3) is 0.190. The number of amides is 1. The molecule has 28 heavy (non-hydrogen) atoms. The zero-order chi connectivity index (χ0) is 20.3. The fourth-order valence-electron chi connectivity index (χ4n) is 3.17. The Morgan fingerprint density at radius 2 is 1.75 bits per heavy atom. The number of benzene rings is 3. The van der Waals surface area contributed by atoms with Gasteiger partial charge in [-0.3, -0.25) is 9.10 Å². The van der Waals surface area contributed by atoms with Crippen LogP contribution in [-0.2, 0) is 14.8 Å². The SMILES string of the molecule is CCC(C(=O)Nc1ccc2ccccc2c1)N(c1cccc(Cl)c1)S(C)(=O)=O. The number of hydrogen-bond acceptors (Lipinski definition) is 3. The Balaban J connectivity index is 1.93. The molecule has 146 valence electrons. The number of rotatable bonds is 6. The first-order chi connectivity index (χ1) is 13.3. The lowest BCUT2D eigenvalue weighted by atomic mass is 10.1. The lowest BCUT2D eigenvalue weighted by molar-refractivity contribution is -0.117. The molecule has 0 bridgehead atoms. The molecule has 3 aromatic carbocycles. The van der Waals surface area contributed by atoms with Gasteiger partial charge in [0.05, 0.1) is 11.9 Å². The van der Waals surface area contributed by atoms with Crippen LogP contribution in [0.5, 0.6) is 0 Å². The molecular formula is C21H21ClN2O3S. The molecule has 7 heteroatoms. The molecule has 0 aliphatic heterocycles. The molecule has 3 rings (SSSR count). The molecule has 5 nitrogen and oxygen atoms in total. The van der Waals surface area contributed by atoms with Crippen molar-refractivity contribution in [2.45, 2.75) is 19.4 Å². The smallest absolute Gasteiger partial charge is 0.248 e. The molecule has 0 fully saturated rings. The molecule has 1 amide bonds. The van der Waals surface area contributed by atoms with Crippen LogP contribution in [0.25, 0.3) is 10.8 Å². The van der Waals surface area contributed by atoms with Crippen LogP contribution in [0.2, 0.25) is 5.02 Å². The maximum absolute atomic E-state index is 13.0. The average molecular weight is 417 g/mol. The van der Waals surface area contributed by atoms with E-state index in [1.807, 2.05) is 36.4 Å². The predicted octanol–water partition coefficient (Wildman–Crippen LogP) is 4.68. The van der Waals surface area contributed by atoms with Crippen molar-refractivity contribution in [3.8, 4) is 0 Å². The lowest BCUT2D eigenvalue weighted by Crippen LogP contribution is -2.47. The number of hydrogen-bond donors (Lipinski definition) is 1.